The number of rotatable bonds is 2. The van der Waals surface area contributed by atoms with Gasteiger partial charge in [0.15, 0.2) is 0 Å². The lowest BCUT2D eigenvalue weighted by Crippen LogP contribution is -2.07. The SMILES string of the molecule is Cc1ccc2c(c1)C(Nc1ccc(C)c(O)c1)CC2. The highest BCUT2D eigenvalue weighted by atomic mass is 16.3. The normalized spacial score (nSPS) is 17.3. The first kappa shape index (κ1) is 12.1. The van der Waals surface area contributed by atoms with E-state index in [-0.39, 0.29) is 0 Å². The molecule has 98 valence electrons. The van der Waals surface area contributed by atoms with Gasteiger partial charge in [-0.2, -0.15) is 0 Å². The Morgan fingerprint density at radius 3 is 2.74 bits per heavy atom. The maximum Gasteiger partial charge on any atom is 0.120 e. The number of anilines is 1. The number of phenols is 1. The average molecular weight is 253 g/mol. The second-order valence-corrected chi connectivity index (χ2v) is 5.44. The van der Waals surface area contributed by atoms with Crippen LogP contribution in [0.2, 0.25) is 0 Å². The Hall–Kier alpha value is -1.96. The van der Waals surface area contributed by atoms with Crippen LogP contribution in [0.1, 0.15) is 34.7 Å². The molecule has 1 aliphatic rings. The molecule has 0 fully saturated rings. The minimum Gasteiger partial charge on any atom is -0.508 e. The lowest BCUT2D eigenvalue weighted by Gasteiger charge is -2.16. The Morgan fingerprint density at radius 2 is 1.95 bits per heavy atom. The maximum absolute atomic E-state index is 9.77. The molecule has 0 heterocycles. The summed E-state index contributed by atoms with van der Waals surface area (Å²) < 4.78 is 0. The molecule has 0 saturated heterocycles. The predicted octanol–water partition coefficient (Wildman–Crippen LogP) is 4.11. The third kappa shape index (κ3) is 2.30. The van der Waals surface area contributed by atoms with E-state index in [0.717, 1.165) is 24.1 Å². The summed E-state index contributed by atoms with van der Waals surface area (Å²) in [6, 6.07) is 12.8. The van der Waals surface area contributed by atoms with Gasteiger partial charge in [0, 0.05) is 11.8 Å². The number of hydrogen-bond acceptors (Lipinski definition) is 2. The fourth-order valence-electron chi connectivity index (χ4n) is 2.77. The monoisotopic (exact) mass is 253 g/mol. The van der Waals surface area contributed by atoms with Gasteiger partial charge in [0.1, 0.15) is 5.75 Å². The van der Waals surface area contributed by atoms with Gasteiger partial charge in [-0.1, -0.05) is 29.8 Å². The smallest absolute Gasteiger partial charge is 0.120 e. The molecule has 0 bridgehead atoms. The van der Waals surface area contributed by atoms with E-state index in [1.54, 1.807) is 0 Å². The zero-order chi connectivity index (χ0) is 13.4. The summed E-state index contributed by atoms with van der Waals surface area (Å²) in [7, 11) is 0. The van der Waals surface area contributed by atoms with Crippen molar-refractivity contribution in [3.05, 3.63) is 58.7 Å². The summed E-state index contributed by atoms with van der Waals surface area (Å²) in [5, 5.41) is 13.3. The second-order valence-electron chi connectivity index (χ2n) is 5.44. The highest BCUT2D eigenvalue weighted by molar-refractivity contribution is 5.53. The van der Waals surface area contributed by atoms with Gasteiger partial charge < -0.3 is 10.4 Å². The minimum atomic E-state index is 0.354. The predicted molar refractivity (Wildman–Crippen MR) is 78.7 cm³/mol. The molecule has 1 unspecified atom stereocenters. The van der Waals surface area contributed by atoms with Gasteiger partial charge in [0.25, 0.3) is 0 Å². The van der Waals surface area contributed by atoms with E-state index in [9.17, 15) is 5.11 Å². The van der Waals surface area contributed by atoms with Crippen molar-refractivity contribution in [2.75, 3.05) is 5.32 Å². The van der Waals surface area contributed by atoms with Crippen LogP contribution in [-0.2, 0) is 6.42 Å². The summed E-state index contributed by atoms with van der Waals surface area (Å²) in [6.45, 7) is 4.04. The van der Waals surface area contributed by atoms with E-state index in [1.807, 2.05) is 25.1 Å². The second kappa shape index (κ2) is 4.61. The molecular weight excluding hydrogens is 234 g/mol. The Kier molecular flexibility index (Phi) is 2.94. The van der Waals surface area contributed by atoms with E-state index < -0.39 is 0 Å². The van der Waals surface area contributed by atoms with E-state index in [1.165, 1.54) is 16.7 Å². The maximum atomic E-state index is 9.77. The number of benzene rings is 2. The zero-order valence-electron chi connectivity index (χ0n) is 11.4. The summed E-state index contributed by atoms with van der Waals surface area (Å²) in [6.07, 6.45) is 2.25. The van der Waals surface area contributed by atoms with Gasteiger partial charge in [-0.15, -0.1) is 0 Å². The van der Waals surface area contributed by atoms with Crippen molar-refractivity contribution in [1.29, 1.82) is 0 Å². The summed E-state index contributed by atoms with van der Waals surface area (Å²) >= 11 is 0. The Morgan fingerprint density at radius 1 is 1.11 bits per heavy atom. The lowest BCUT2D eigenvalue weighted by atomic mass is 10.0. The van der Waals surface area contributed by atoms with Gasteiger partial charge in [0.05, 0.1) is 6.04 Å². The molecule has 0 saturated carbocycles. The molecule has 2 aromatic carbocycles. The summed E-state index contributed by atoms with van der Waals surface area (Å²) in [5.41, 5.74) is 6.05. The molecule has 2 N–H and O–H groups in total. The number of nitrogens with one attached hydrogen (secondary N) is 1. The number of fused-ring (bicyclic) bond motifs is 1. The summed E-state index contributed by atoms with van der Waals surface area (Å²) in [5.74, 6) is 0.354. The minimum absolute atomic E-state index is 0.354. The number of aromatic hydroxyl groups is 1. The van der Waals surface area contributed by atoms with Crippen molar-refractivity contribution >= 4 is 5.69 Å². The molecule has 2 nitrogen and oxygen atoms in total. The quantitative estimate of drug-likeness (QED) is 0.844. The third-order valence-electron chi connectivity index (χ3n) is 3.93. The molecule has 1 aliphatic carbocycles. The van der Waals surface area contributed by atoms with Gasteiger partial charge in [-0.05, 0) is 49.4 Å². The van der Waals surface area contributed by atoms with E-state index in [2.05, 4.69) is 30.4 Å². The fraction of sp³-hybridized carbons (Fsp3) is 0.294. The first-order valence-corrected chi connectivity index (χ1v) is 6.79. The Bertz CT molecular complexity index is 619. The first-order valence-electron chi connectivity index (χ1n) is 6.79. The molecule has 1 atom stereocenters. The molecule has 0 aromatic heterocycles. The van der Waals surface area contributed by atoms with Gasteiger partial charge in [-0.25, -0.2) is 0 Å². The number of phenolic OH excluding ortho intramolecular Hbond substituents is 1. The van der Waals surface area contributed by atoms with Crippen LogP contribution in [0.4, 0.5) is 5.69 Å². The third-order valence-corrected chi connectivity index (χ3v) is 3.93. The molecule has 0 spiro atoms. The molecule has 0 radical (unpaired) electrons. The zero-order valence-corrected chi connectivity index (χ0v) is 11.4. The molecular formula is C17H19NO. The van der Waals surface area contributed by atoms with Crippen LogP contribution in [0.5, 0.6) is 5.75 Å². The first-order chi connectivity index (χ1) is 9.13. The van der Waals surface area contributed by atoms with E-state index in [0.29, 0.717) is 11.8 Å². The molecule has 0 aliphatic heterocycles. The van der Waals surface area contributed by atoms with Crippen LogP contribution >= 0.6 is 0 Å². The summed E-state index contributed by atoms with van der Waals surface area (Å²) in [4.78, 5) is 0. The van der Waals surface area contributed by atoms with Crippen molar-refractivity contribution in [3.8, 4) is 5.75 Å². The van der Waals surface area contributed by atoms with Gasteiger partial charge >= 0.3 is 0 Å². The van der Waals surface area contributed by atoms with E-state index >= 15 is 0 Å². The van der Waals surface area contributed by atoms with Crippen LogP contribution in [0.15, 0.2) is 36.4 Å². The molecule has 19 heavy (non-hydrogen) atoms. The molecule has 2 heteroatoms. The van der Waals surface area contributed by atoms with E-state index in [4.69, 9.17) is 0 Å². The van der Waals surface area contributed by atoms with Crippen LogP contribution in [0, 0.1) is 13.8 Å². The Balaban J connectivity index is 1.86. The van der Waals surface area contributed by atoms with Crippen molar-refractivity contribution < 1.29 is 5.11 Å². The van der Waals surface area contributed by atoms with Crippen molar-refractivity contribution in [3.63, 3.8) is 0 Å². The highest BCUT2D eigenvalue weighted by Gasteiger charge is 2.22. The topological polar surface area (TPSA) is 32.3 Å². The van der Waals surface area contributed by atoms with Gasteiger partial charge in [0.2, 0.25) is 0 Å². The van der Waals surface area contributed by atoms with Crippen LogP contribution in [0.25, 0.3) is 0 Å². The van der Waals surface area contributed by atoms with Crippen LogP contribution in [-0.4, -0.2) is 5.11 Å². The standard InChI is InChI=1S/C17H19NO/c1-11-3-5-13-6-8-16(15(13)9-11)18-14-7-4-12(2)17(19)10-14/h3-5,7,9-10,16,18-19H,6,8H2,1-2H3. The van der Waals surface area contributed by atoms with Crippen molar-refractivity contribution in [2.45, 2.75) is 32.7 Å². The van der Waals surface area contributed by atoms with Gasteiger partial charge in [-0.3, -0.25) is 0 Å². The highest BCUT2D eigenvalue weighted by Crippen LogP contribution is 2.35. The number of aryl methyl sites for hydroxylation is 3. The Labute approximate surface area is 114 Å². The van der Waals surface area contributed by atoms with Crippen LogP contribution < -0.4 is 5.32 Å². The molecule has 0 amide bonds. The fourth-order valence-corrected chi connectivity index (χ4v) is 2.77. The van der Waals surface area contributed by atoms with Crippen molar-refractivity contribution in [1.82, 2.24) is 0 Å². The largest absolute Gasteiger partial charge is 0.508 e. The number of hydrogen-bond donors (Lipinski definition) is 2. The van der Waals surface area contributed by atoms with Crippen LogP contribution in [0.3, 0.4) is 0 Å². The average Bonchev–Trinajstić information content (AvgIpc) is 2.77. The molecule has 2 aromatic rings. The van der Waals surface area contributed by atoms with Crippen molar-refractivity contribution in [2.24, 2.45) is 0 Å². The lowest BCUT2D eigenvalue weighted by molar-refractivity contribution is 0.471. The molecule has 3 rings (SSSR count).